The van der Waals surface area contributed by atoms with Crippen LogP contribution in [0.4, 0.5) is 0 Å². The molecule has 7 nitrogen and oxygen atoms in total. The maximum absolute atomic E-state index is 11.8. The van der Waals surface area contributed by atoms with Crippen LogP contribution < -0.4 is 21.7 Å². The molecule has 26 heavy (non-hydrogen) atoms. The number of aliphatic imine (C=N–C) groups is 1. The van der Waals surface area contributed by atoms with E-state index < -0.39 is 5.91 Å². The van der Waals surface area contributed by atoms with Crippen LogP contribution in [0, 0.1) is 0 Å². The van der Waals surface area contributed by atoms with E-state index in [1.165, 1.54) is 19.3 Å². The number of nitrogens with one attached hydrogen (secondary N) is 3. The van der Waals surface area contributed by atoms with Crippen LogP contribution in [0.5, 0.6) is 0 Å². The van der Waals surface area contributed by atoms with Crippen molar-refractivity contribution in [3.63, 3.8) is 0 Å². The third-order valence-corrected chi connectivity index (χ3v) is 3.95. The molecule has 1 aromatic carbocycles. The van der Waals surface area contributed by atoms with Crippen molar-refractivity contribution >= 4 is 17.8 Å². The lowest BCUT2D eigenvalue weighted by Gasteiger charge is -2.18. The zero-order valence-electron chi connectivity index (χ0n) is 16.0. The Balaban J connectivity index is 2.45. The second-order valence-corrected chi connectivity index (χ2v) is 6.31. The van der Waals surface area contributed by atoms with Crippen LogP contribution in [0.3, 0.4) is 0 Å². The number of carbonyl (C=O) groups is 2. The standard InChI is InChI=1S/C19H31N5O2/c1-4-5-6-7-14(2)24-19(21-3)23-12-15-8-10-16(11-9-15)18(26)22-13-17(20)25/h8-11,14H,4-7,12-13H2,1-3H3,(H2,20,25)(H,22,26)(H2,21,23,24). The molecule has 0 bridgehead atoms. The quantitative estimate of drug-likeness (QED) is 0.288. The van der Waals surface area contributed by atoms with Gasteiger partial charge >= 0.3 is 0 Å². The van der Waals surface area contributed by atoms with Crippen LogP contribution in [0.25, 0.3) is 0 Å². The summed E-state index contributed by atoms with van der Waals surface area (Å²) in [5.41, 5.74) is 6.53. The maximum Gasteiger partial charge on any atom is 0.251 e. The summed E-state index contributed by atoms with van der Waals surface area (Å²) in [4.78, 5) is 26.8. The molecule has 0 aliphatic carbocycles. The van der Waals surface area contributed by atoms with E-state index in [2.05, 4.69) is 34.8 Å². The van der Waals surface area contributed by atoms with Gasteiger partial charge in [-0.15, -0.1) is 0 Å². The first-order chi connectivity index (χ1) is 12.5. The predicted octanol–water partition coefficient (Wildman–Crippen LogP) is 1.54. The van der Waals surface area contributed by atoms with Crippen molar-refractivity contribution in [3.8, 4) is 0 Å². The molecule has 2 amide bonds. The molecule has 1 atom stereocenters. The van der Waals surface area contributed by atoms with Crippen molar-refractivity contribution in [1.29, 1.82) is 0 Å². The Kier molecular flexibility index (Phi) is 9.82. The average molecular weight is 361 g/mol. The molecule has 5 N–H and O–H groups in total. The molecule has 0 saturated carbocycles. The van der Waals surface area contributed by atoms with Crippen molar-refractivity contribution in [2.24, 2.45) is 10.7 Å². The van der Waals surface area contributed by atoms with Gasteiger partial charge in [0.15, 0.2) is 5.96 Å². The number of unbranched alkanes of at least 4 members (excludes halogenated alkanes) is 2. The minimum absolute atomic E-state index is 0.166. The minimum Gasteiger partial charge on any atom is -0.368 e. The highest BCUT2D eigenvalue weighted by molar-refractivity contribution is 5.96. The lowest BCUT2D eigenvalue weighted by Crippen LogP contribution is -2.41. The number of benzene rings is 1. The largest absolute Gasteiger partial charge is 0.368 e. The Hall–Kier alpha value is -2.57. The van der Waals surface area contributed by atoms with Gasteiger partial charge in [0.25, 0.3) is 5.91 Å². The van der Waals surface area contributed by atoms with E-state index in [4.69, 9.17) is 5.73 Å². The van der Waals surface area contributed by atoms with Crippen molar-refractivity contribution < 1.29 is 9.59 Å². The zero-order valence-corrected chi connectivity index (χ0v) is 16.0. The van der Waals surface area contributed by atoms with Gasteiger partial charge in [-0.25, -0.2) is 0 Å². The third kappa shape index (κ3) is 8.50. The summed E-state index contributed by atoms with van der Waals surface area (Å²) in [6, 6.07) is 7.53. The Morgan fingerprint density at radius 3 is 2.42 bits per heavy atom. The number of hydrogen-bond donors (Lipinski definition) is 4. The van der Waals surface area contributed by atoms with Crippen LogP contribution >= 0.6 is 0 Å². The van der Waals surface area contributed by atoms with Gasteiger partial charge in [-0.1, -0.05) is 38.3 Å². The highest BCUT2D eigenvalue weighted by Crippen LogP contribution is 2.05. The normalized spacial score (nSPS) is 12.3. The van der Waals surface area contributed by atoms with E-state index in [1.807, 2.05) is 12.1 Å². The smallest absolute Gasteiger partial charge is 0.251 e. The molecule has 0 aromatic heterocycles. The Bertz CT molecular complexity index is 598. The first kappa shape index (κ1) is 21.5. The number of primary amides is 1. The van der Waals surface area contributed by atoms with Crippen molar-refractivity contribution in [3.05, 3.63) is 35.4 Å². The second kappa shape index (κ2) is 11.9. The Morgan fingerprint density at radius 2 is 1.85 bits per heavy atom. The molecular weight excluding hydrogens is 330 g/mol. The second-order valence-electron chi connectivity index (χ2n) is 6.31. The lowest BCUT2D eigenvalue weighted by molar-refractivity contribution is -0.117. The van der Waals surface area contributed by atoms with Gasteiger partial charge in [-0.2, -0.15) is 0 Å². The molecule has 1 aromatic rings. The van der Waals surface area contributed by atoms with E-state index in [9.17, 15) is 9.59 Å². The van der Waals surface area contributed by atoms with E-state index in [0.717, 1.165) is 17.9 Å². The summed E-state index contributed by atoms with van der Waals surface area (Å²) in [7, 11) is 1.75. The number of guanidine groups is 1. The number of rotatable bonds is 10. The minimum atomic E-state index is -0.568. The maximum atomic E-state index is 11.8. The van der Waals surface area contributed by atoms with Crippen LogP contribution in [-0.4, -0.2) is 37.4 Å². The van der Waals surface area contributed by atoms with Gasteiger partial charge in [0.1, 0.15) is 0 Å². The summed E-state index contributed by atoms with van der Waals surface area (Å²) in [6.45, 7) is 4.79. The highest BCUT2D eigenvalue weighted by atomic mass is 16.2. The first-order valence-electron chi connectivity index (χ1n) is 9.08. The van der Waals surface area contributed by atoms with E-state index in [0.29, 0.717) is 18.2 Å². The molecule has 1 unspecified atom stereocenters. The van der Waals surface area contributed by atoms with Crippen LogP contribution in [0.2, 0.25) is 0 Å². The molecule has 7 heteroatoms. The third-order valence-electron chi connectivity index (χ3n) is 3.95. The zero-order chi connectivity index (χ0) is 19.4. The Morgan fingerprint density at radius 1 is 1.15 bits per heavy atom. The van der Waals surface area contributed by atoms with Crippen LogP contribution in [0.15, 0.2) is 29.3 Å². The fraction of sp³-hybridized carbons (Fsp3) is 0.526. The molecule has 0 radical (unpaired) electrons. The highest BCUT2D eigenvalue weighted by Gasteiger charge is 2.07. The SMILES string of the molecule is CCCCCC(C)NC(=NC)NCc1ccc(C(=O)NCC(N)=O)cc1. The average Bonchev–Trinajstić information content (AvgIpc) is 2.63. The van der Waals surface area contributed by atoms with Gasteiger partial charge in [0.05, 0.1) is 6.54 Å². The topological polar surface area (TPSA) is 109 Å². The van der Waals surface area contributed by atoms with Crippen LogP contribution in [0.1, 0.15) is 55.5 Å². The van der Waals surface area contributed by atoms with Crippen LogP contribution in [-0.2, 0) is 11.3 Å². The molecule has 0 aliphatic heterocycles. The van der Waals surface area contributed by atoms with E-state index in [1.54, 1.807) is 19.2 Å². The molecule has 0 fully saturated rings. The first-order valence-corrected chi connectivity index (χ1v) is 9.08. The fourth-order valence-corrected chi connectivity index (χ4v) is 2.43. The van der Waals surface area contributed by atoms with Crippen molar-refractivity contribution in [2.75, 3.05) is 13.6 Å². The monoisotopic (exact) mass is 361 g/mol. The lowest BCUT2D eigenvalue weighted by atomic mass is 10.1. The molecule has 0 aliphatic rings. The molecular formula is C19H31N5O2. The van der Waals surface area contributed by atoms with Gasteiger partial charge in [0.2, 0.25) is 5.91 Å². The number of carbonyl (C=O) groups excluding carboxylic acids is 2. The summed E-state index contributed by atoms with van der Waals surface area (Å²) in [5, 5.41) is 9.12. The fourth-order valence-electron chi connectivity index (χ4n) is 2.43. The summed E-state index contributed by atoms with van der Waals surface area (Å²) < 4.78 is 0. The predicted molar refractivity (Wildman–Crippen MR) is 105 cm³/mol. The molecule has 0 spiro atoms. The van der Waals surface area contributed by atoms with Gasteiger partial charge in [-0.3, -0.25) is 14.6 Å². The summed E-state index contributed by atoms with van der Waals surface area (Å²) in [5.74, 6) is -0.124. The molecule has 0 heterocycles. The molecule has 0 saturated heterocycles. The number of nitrogens with zero attached hydrogens (tertiary/aromatic N) is 1. The van der Waals surface area contributed by atoms with Crippen molar-refractivity contribution in [2.45, 2.75) is 52.1 Å². The van der Waals surface area contributed by atoms with E-state index in [-0.39, 0.29) is 12.5 Å². The van der Waals surface area contributed by atoms with Gasteiger partial charge < -0.3 is 21.7 Å². The number of amides is 2. The number of hydrogen-bond acceptors (Lipinski definition) is 3. The summed E-state index contributed by atoms with van der Waals surface area (Å²) >= 11 is 0. The van der Waals surface area contributed by atoms with E-state index >= 15 is 0 Å². The van der Waals surface area contributed by atoms with Gasteiger partial charge in [0, 0.05) is 25.2 Å². The number of nitrogens with two attached hydrogens (primary N) is 1. The molecule has 144 valence electrons. The molecule has 1 rings (SSSR count). The van der Waals surface area contributed by atoms with Gasteiger partial charge in [-0.05, 0) is 31.0 Å². The Labute approximate surface area is 155 Å². The summed E-state index contributed by atoms with van der Waals surface area (Å²) in [6.07, 6.45) is 4.79. The van der Waals surface area contributed by atoms with Crippen molar-refractivity contribution in [1.82, 2.24) is 16.0 Å².